The molecule has 3 aromatic rings. The number of aliphatic carboxylic acids is 1. The van der Waals surface area contributed by atoms with Crippen molar-refractivity contribution in [3.63, 3.8) is 0 Å². The summed E-state index contributed by atoms with van der Waals surface area (Å²) in [6.45, 7) is 13.1. The number of rotatable bonds is 13. The lowest BCUT2D eigenvalue weighted by molar-refractivity contribution is -0.155. The van der Waals surface area contributed by atoms with Gasteiger partial charge in [-0.25, -0.2) is 13.2 Å². The molecule has 1 saturated heterocycles. The summed E-state index contributed by atoms with van der Waals surface area (Å²) in [5, 5.41) is 15.2. The number of aryl methyl sites for hydroxylation is 4. The predicted molar refractivity (Wildman–Crippen MR) is 193 cm³/mol. The number of carbonyl (C=O) groups excluding carboxylic acids is 2. The lowest BCUT2D eigenvalue weighted by Crippen LogP contribution is -2.49. The van der Waals surface area contributed by atoms with Crippen molar-refractivity contribution in [2.24, 2.45) is 11.3 Å². The van der Waals surface area contributed by atoms with E-state index in [0.29, 0.717) is 31.6 Å². The van der Waals surface area contributed by atoms with Gasteiger partial charge in [0.1, 0.15) is 17.4 Å². The van der Waals surface area contributed by atoms with E-state index in [2.05, 4.69) is 15.5 Å². The Morgan fingerprint density at radius 3 is 2.25 bits per heavy atom. The third-order valence-electron chi connectivity index (χ3n) is 10.4. The van der Waals surface area contributed by atoms with E-state index in [-0.39, 0.29) is 53.8 Å². The molecule has 2 fully saturated rings. The average molecular weight is 723 g/mol. The lowest BCUT2D eigenvalue weighted by atomic mass is 9.65. The van der Waals surface area contributed by atoms with Crippen molar-refractivity contribution in [2.45, 2.75) is 98.2 Å². The number of carbonyl (C=O) groups is 3. The third kappa shape index (κ3) is 8.77. The second-order valence-electron chi connectivity index (χ2n) is 15.4. The van der Waals surface area contributed by atoms with Crippen molar-refractivity contribution in [3.05, 3.63) is 92.1 Å². The third-order valence-corrected chi connectivity index (χ3v) is 10.4. The minimum Gasteiger partial charge on any atom is -0.481 e. The number of carboxylic acids is 1. The number of carboxylic acid groups (broad SMARTS) is 1. The monoisotopic (exact) mass is 722 g/mol. The van der Waals surface area contributed by atoms with Gasteiger partial charge >= 0.3 is 5.97 Å². The van der Waals surface area contributed by atoms with Crippen LogP contribution < -0.4 is 16.2 Å². The molecule has 2 amide bonds. The number of likely N-dealkylation sites (tertiary alicyclic amines) is 1. The molecule has 0 radical (unpaired) electrons. The Morgan fingerprint density at radius 2 is 1.63 bits per heavy atom. The normalized spacial score (nSPS) is 17.5. The highest BCUT2D eigenvalue weighted by molar-refractivity contribution is 5.97. The zero-order valence-electron chi connectivity index (χ0n) is 30.7. The standard InChI is InChI=1S/C40H49F3N4O5/c1-23(2)14-32(45-36(50)29-8-7-10-47(38(29)52)13-12-46-11-9-39(22-46)20-40(42,43)21-39)37(51)44-31(19-33(48)49)30-18-28(17-27(6)35(30)41)34-25(4)15-24(3)16-26(34)5/h7-8,10,15-18,23,31-32H,9,11-14,19-22H2,1-6H3,(H,44,51)(H,45,50)(H,48,49)/t31-,32-/m0/s1. The number of nitrogens with one attached hydrogen (secondary N) is 2. The average Bonchev–Trinajstić information content (AvgIpc) is 3.42. The first-order chi connectivity index (χ1) is 24.4. The summed E-state index contributed by atoms with van der Waals surface area (Å²) in [6.07, 6.45) is 1.59. The molecule has 5 rings (SSSR count). The van der Waals surface area contributed by atoms with Gasteiger partial charge in [0, 0.05) is 44.2 Å². The molecule has 1 aromatic heterocycles. The molecule has 0 unspecified atom stereocenters. The number of benzene rings is 2. The van der Waals surface area contributed by atoms with E-state index in [0.717, 1.165) is 22.3 Å². The number of pyridine rings is 1. The first kappa shape index (κ1) is 38.8. The van der Waals surface area contributed by atoms with Gasteiger partial charge in [-0.1, -0.05) is 31.5 Å². The van der Waals surface area contributed by atoms with Gasteiger partial charge in [0.25, 0.3) is 11.5 Å². The van der Waals surface area contributed by atoms with Gasteiger partial charge in [0.15, 0.2) is 0 Å². The molecule has 280 valence electrons. The van der Waals surface area contributed by atoms with Gasteiger partial charge in [-0.3, -0.25) is 19.2 Å². The molecule has 1 saturated carbocycles. The fraction of sp³-hybridized carbons (Fsp3) is 0.500. The Labute approximate surface area is 302 Å². The molecule has 3 N–H and O–H groups in total. The molecule has 1 aliphatic heterocycles. The van der Waals surface area contributed by atoms with Crippen LogP contribution in [0.3, 0.4) is 0 Å². The fourth-order valence-electron chi connectivity index (χ4n) is 8.14. The van der Waals surface area contributed by atoms with Crippen LogP contribution in [0, 0.1) is 44.8 Å². The van der Waals surface area contributed by atoms with E-state index >= 15 is 4.39 Å². The van der Waals surface area contributed by atoms with E-state index in [9.17, 15) is 33.1 Å². The predicted octanol–water partition coefficient (Wildman–Crippen LogP) is 6.49. The molecule has 12 heteroatoms. The van der Waals surface area contributed by atoms with E-state index < -0.39 is 53.6 Å². The number of hydrogen-bond donors (Lipinski definition) is 3. The lowest BCUT2D eigenvalue weighted by Gasteiger charge is -2.44. The second kappa shape index (κ2) is 15.3. The van der Waals surface area contributed by atoms with Crippen LogP contribution in [-0.4, -0.2) is 64.0 Å². The van der Waals surface area contributed by atoms with Crippen molar-refractivity contribution < 1.29 is 32.7 Å². The van der Waals surface area contributed by atoms with Crippen molar-refractivity contribution in [1.82, 2.24) is 20.1 Å². The number of hydrogen-bond acceptors (Lipinski definition) is 5. The summed E-state index contributed by atoms with van der Waals surface area (Å²) in [5.74, 6) is -6.06. The summed E-state index contributed by atoms with van der Waals surface area (Å²) < 4.78 is 44.3. The molecule has 2 aliphatic rings. The van der Waals surface area contributed by atoms with Crippen LogP contribution in [0.15, 0.2) is 47.4 Å². The molecule has 0 bridgehead atoms. The highest BCUT2D eigenvalue weighted by atomic mass is 19.3. The first-order valence-electron chi connectivity index (χ1n) is 17.9. The minimum atomic E-state index is -2.60. The molecule has 2 heterocycles. The van der Waals surface area contributed by atoms with Gasteiger partial charge in [0.05, 0.1) is 12.5 Å². The van der Waals surface area contributed by atoms with E-state index in [4.69, 9.17) is 0 Å². The molecule has 52 heavy (non-hydrogen) atoms. The maximum Gasteiger partial charge on any atom is 0.305 e. The summed E-state index contributed by atoms with van der Waals surface area (Å²) >= 11 is 0. The summed E-state index contributed by atoms with van der Waals surface area (Å²) in [6, 6.07) is 7.82. The van der Waals surface area contributed by atoms with Crippen LogP contribution in [0.25, 0.3) is 11.1 Å². The van der Waals surface area contributed by atoms with Crippen molar-refractivity contribution in [3.8, 4) is 11.1 Å². The molecule has 2 aromatic carbocycles. The van der Waals surface area contributed by atoms with Gasteiger partial charge in [0.2, 0.25) is 11.8 Å². The quantitative estimate of drug-likeness (QED) is 0.186. The molecule has 1 spiro atoms. The van der Waals surface area contributed by atoms with Gasteiger partial charge in [-0.15, -0.1) is 0 Å². The van der Waals surface area contributed by atoms with Gasteiger partial charge < -0.3 is 25.2 Å². The SMILES string of the molecule is Cc1cc(C)c(-c2cc(C)c(F)c([C@H](CC(=O)O)NC(=O)[C@H](CC(C)C)NC(=O)c3cccn(CCN4CCC5(C4)CC(F)(F)C5)c3=O)c2)c(C)c1. The Bertz CT molecular complexity index is 1890. The zero-order valence-corrected chi connectivity index (χ0v) is 30.7. The van der Waals surface area contributed by atoms with Crippen molar-refractivity contribution in [1.29, 1.82) is 0 Å². The zero-order chi connectivity index (χ0) is 38.1. The van der Waals surface area contributed by atoms with Crippen LogP contribution in [0.1, 0.15) is 90.2 Å². The molecule has 9 nitrogen and oxygen atoms in total. The van der Waals surface area contributed by atoms with Crippen molar-refractivity contribution in [2.75, 3.05) is 19.6 Å². The number of aromatic nitrogens is 1. The largest absolute Gasteiger partial charge is 0.481 e. The van der Waals surface area contributed by atoms with E-state index in [1.807, 2.05) is 46.8 Å². The highest BCUT2D eigenvalue weighted by Gasteiger charge is 2.58. The number of alkyl halides is 2. The maximum atomic E-state index is 15.8. The highest BCUT2D eigenvalue weighted by Crippen LogP contribution is 2.56. The van der Waals surface area contributed by atoms with Crippen LogP contribution >= 0.6 is 0 Å². The Balaban J connectivity index is 1.34. The fourth-order valence-corrected chi connectivity index (χ4v) is 8.14. The van der Waals surface area contributed by atoms with Crippen LogP contribution in [0.5, 0.6) is 0 Å². The smallest absolute Gasteiger partial charge is 0.305 e. The molecule has 2 atom stereocenters. The maximum absolute atomic E-state index is 15.8. The Morgan fingerprint density at radius 1 is 0.962 bits per heavy atom. The Kier molecular flexibility index (Phi) is 11.4. The number of nitrogens with zero attached hydrogens (tertiary/aromatic N) is 2. The number of amides is 2. The first-order valence-corrected chi connectivity index (χ1v) is 17.9. The van der Waals surface area contributed by atoms with Crippen LogP contribution in [0.2, 0.25) is 0 Å². The van der Waals surface area contributed by atoms with Crippen molar-refractivity contribution >= 4 is 17.8 Å². The second-order valence-corrected chi connectivity index (χ2v) is 15.4. The molecular formula is C40H49F3N4O5. The summed E-state index contributed by atoms with van der Waals surface area (Å²) in [5.41, 5.74) is 3.79. The number of halogens is 3. The Hall–Kier alpha value is -4.45. The summed E-state index contributed by atoms with van der Waals surface area (Å²) in [7, 11) is 0. The van der Waals surface area contributed by atoms with Gasteiger partial charge in [-0.05, 0) is 110 Å². The van der Waals surface area contributed by atoms with E-state index in [1.165, 1.54) is 10.6 Å². The van der Waals surface area contributed by atoms with E-state index in [1.54, 1.807) is 31.3 Å². The summed E-state index contributed by atoms with van der Waals surface area (Å²) in [4.78, 5) is 54.9. The molecule has 1 aliphatic carbocycles. The van der Waals surface area contributed by atoms with Crippen LogP contribution in [-0.2, 0) is 16.1 Å². The molecular weight excluding hydrogens is 673 g/mol. The topological polar surface area (TPSA) is 121 Å². The van der Waals surface area contributed by atoms with Crippen LogP contribution in [0.4, 0.5) is 13.2 Å². The minimum absolute atomic E-state index is 0.0145. The van der Waals surface area contributed by atoms with Gasteiger partial charge in [-0.2, -0.15) is 0 Å².